The van der Waals surface area contributed by atoms with Crippen molar-refractivity contribution in [2.45, 2.75) is 45.2 Å². The number of para-hydroxylation sites is 1. The summed E-state index contributed by atoms with van der Waals surface area (Å²) < 4.78 is 5.76. The van der Waals surface area contributed by atoms with E-state index in [-0.39, 0.29) is 0 Å². The maximum atomic E-state index is 5.76. The molecule has 0 aromatic heterocycles. The third kappa shape index (κ3) is 5.51. The predicted octanol–water partition coefficient (Wildman–Crippen LogP) is 2.92. The maximum Gasteiger partial charge on any atom is 0.119 e. The first-order valence-electron chi connectivity index (χ1n) is 7.90. The fourth-order valence-corrected chi connectivity index (χ4v) is 2.74. The summed E-state index contributed by atoms with van der Waals surface area (Å²) in [7, 11) is 0. The molecule has 0 bridgehead atoms. The zero-order chi connectivity index (χ0) is 14.2. The second-order valence-electron chi connectivity index (χ2n) is 5.90. The van der Waals surface area contributed by atoms with Gasteiger partial charge in [-0.25, -0.2) is 0 Å². The molecule has 2 unspecified atom stereocenters. The Labute approximate surface area is 123 Å². The van der Waals surface area contributed by atoms with Gasteiger partial charge in [-0.1, -0.05) is 18.2 Å². The number of hydrogen-bond acceptors (Lipinski definition) is 3. The van der Waals surface area contributed by atoms with Crippen molar-refractivity contribution < 1.29 is 4.74 Å². The smallest absolute Gasteiger partial charge is 0.119 e. The van der Waals surface area contributed by atoms with Gasteiger partial charge in [0.2, 0.25) is 0 Å². The molecule has 1 aromatic carbocycles. The topological polar surface area (TPSA) is 24.5 Å². The Balaban J connectivity index is 1.65. The van der Waals surface area contributed by atoms with Crippen molar-refractivity contribution >= 4 is 0 Å². The second-order valence-corrected chi connectivity index (χ2v) is 5.90. The lowest BCUT2D eigenvalue weighted by Crippen LogP contribution is -2.43. The molecular formula is C17H28N2O. The first kappa shape index (κ1) is 15.3. The molecular weight excluding hydrogens is 248 g/mol. The normalized spacial score (nSPS) is 24.9. The van der Waals surface area contributed by atoms with Gasteiger partial charge in [0, 0.05) is 18.6 Å². The SMILES string of the molecule is CC1CCN(CCCOc2ccccc2)CCC(C)N1. The van der Waals surface area contributed by atoms with E-state index in [0.717, 1.165) is 25.3 Å². The van der Waals surface area contributed by atoms with Crippen molar-refractivity contribution in [2.24, 2.45) is 0 Å². The standard InChI is InChI=1S/C17H28N2O/c1-15-9-12-19(13-10-16(2)18-15)11-6-14-20-17-7-4-3-5-8-17/h3-5,7-8,15-16,18H,6,9-14H2,1-2H3. The summed E-state index contributed by atoms with van der Waals surface area (Å²) in [4.78, 5) is 2.59. The minimum atomic E-state index is 0.633. The molecule has 1 fully saturated rings. The van der Waals surface area contributed by atoms with Crippen LogP contribution in [-0.4, -0.2) is 43.2 Å². The molecule has 2 atom stereocenters. The van der Waals surface area contributed by atoms with E-state index >= 15 is 0 Å². The fourth-order valence-electron chi connectivity index (χ4n) is 2.74. The number of hydrogen-bond donors (Lipinski definition) is 1. The Morgan fingerprint density at radius 3 is 2.40 bits per heavy atom. The summed E-state index contributed by atoms with van der Waals surface area (Å²) in [6.07, 6.45) is 3.58. The quantitative estimate of drug-likeness (QED) is 0.837. The zero-order valence-electron chi connectivity index (χ0n) is 12.8. The summed E-state index contributed by atoms with van der Waals surface area (Å²) in [6.45, 7) is 8.94. The highest BCUT2D eigenvalue weighted by molar-refractivity contribution is 5.20. The van der Waals surface area contributed by atoms with Crippen LogP contribution in [0.3, 0.4) is 0 Å². The molecule has 0 spiro atoms. The van der Waals surface area contributed by atoms with Crippen LogP contribution in [0.2, 0.25) is 0 Å². The second kappa shape index (κ2) is 8.28. The summed E-state index contributed by atoms with van der Waals surface area (Å²) in [5.41, 5.74) is 0. The van der Waals surface area contributed by atoms with Crippen LogP contribution in [0, 0.1) is 0 Å². The van der Waals surface area contributed by atoms with Crippen LogP contribution in [0.5, 0.6) is 5.75 Å². The van der Waals surface area contributed by atoms with Crippen molar-refractivity contribution in [3.05, 3.63) is 30.3 Å². The van der Waals surface area contributed by atoms with Crippen LogP contribution in [0.15, 0.2) is 30.3 Å². The molecule has 20 heavy (non-hydrogen) atoms. The summed E-state index contributed by atoms with van der Waals surface area (Å²) >= 11 is 0. The molecule has 1 N–H and O–H groups in total. The van der Waals surface area contributed by atoms with Crippen molar-refractivity contribution in [1.82, 2.24) is 10.2 Å². The molecule has 0 amide bonds. The average Bonchev–Trinajstić information content (AvgIpc) is 2.45. The minimum Gasteiger partial charge on any atom is -0.494 e. The van der Waals surface area contributed by atoms with Crippen molar-refractivity contribution in [1.29, 1.82) is 0 Å². The minimum absolute atomic E-state index is 0.633. The van der Waals surface area contributed by atoms with Crippen LogP contribution >= 0.6 is 0 Å². The average molecular weight is 276 g/mol. The highest BCUT2D eigenvalue weighted by Gasteiger charge is 2.15. The lowest BCUT2D eigenvalue weighted by Gasteiger charge is -2.30. The maximum absolute atomic E-state index is 5.76. The van der Waals surface area contributed by atoms with E-state index < -0.39 is 0 Å². The van der Waals surface area contributed by atoms with Crippen LogP contribution in [0.25, 0.3) is 0 Å². The summed E-state index contributed by atoms with van der Waals surface area (Å²) in [5, 5.41) is 3.64. The Morgan fingerprint density at radius 2 is 1.75 bits per heavy atom. The Hall–Kier alpha value is -1.06. The van der Waals surface area contributed by atoms with E-state index in [1.165, 1.54) is 25.9 Å². The van der Waals surface area contributed by atoms with Gasteiger partial charge < -0.3 is 15.0 Å². The molecule has 1 aromatic rings. The molecule has 3 nitrogen and oxygen atoms in total. The molecule has 1 saturated heterocycles. The van der Waals surface area contributed by atoms with Gasteiger partial charge in [-0.15, -0.1) is 0 Å². The van der Waals surface area contributed by atoms with E-state index in [0.29, 0.717) is 12.1 Å². The van der Waals surface area contributed by atoms with Gasteiger partial charge in [-0.3, -0.25) is 0 Å². The molecule has 3 heteroatoms. The van der Waals surface area contributed by atoms with Crippen LogP contribution < -0.4 is 10.1 Å². The number of benzene rings is 1. The third-order valence-corrected chi connectivity index (χ3v) is 3.96. The fraction of sp³-hybridized carbons (Fsp3) is 0.647. The summed E-state index contributed by atoms with van der Waals surface area (Å²) in [6, 6.07) is 11.4. The third-order valence-electron chi connectivity index (χ3n) is 3.96. The molecule has 1 aliphatic heterocycles. The molecule has 1 aliphatic rings. The predicted molar refractivity (Wildman–Crippen MR) is 84.3 cm³/mol. The first-order valence-corrected chi connectivity index (χ1v) is 7.90. The lowest BCUT2D eigenvalue weighted by molar-refractivity contribution is 0.200. The van der Waals surface area contributed by atoms with Gasteiger partial charge in [0.05, 0.1) is 6.61 Å². The number of nitrogens with zero attached hydrogens (tertiary/aromatic N) is 1. The van der Waals surface area contributed by atoms with Gasteiger partial charge in [-0.2, -0.15) is 0 Å². The highest BCUT2D eigenvalue weighted by Crippen LogP contribution is 2.10. The van der Waals surface area contributed by atoms with Crippen LogP contribution in [0.1, 0.15) is 33.1 Å². The van der Waals surface area contributed by atoms with Crippen molar-refractivity contribution in [3.63, 3.8) is 0 Å². The monoisotopic (exact) mass is 276 g/mol. The highest BCUT2D eigenvalue weighted by atomic mass is 16.5. The van der Waals surface area contributed by atoms with E-state index in [4.69, 9.17) is 4.74 Å². The molecule has 0 radical (unpaired) electrons. The van der Waals surface area contributed by atoms with Crippen LogP contribution in [-0.2, 0) is 0 Å². The van der Waals surface area contributed by atoms with E-state index in [1.807, 2.05) is 30.3 Å². The first-order chi connectivity index (χ1) is 9.74. The van der Waals surface area contributed by atoms with Gasteiger partial charge in [0.25, 0.3) is 0 Å². The van der Waals surface area contributed by atoms with Gasteiger partial charge in [-0.05, 0) is 58.3 Å². The van der Waals surface area contributed by atoms with Gasteiger partial charge >= 0.3 is 0 Å². The van der Waals surface area contributed by atoms with Crippen LogP contribution in [0.4, 0.5) is 0 Å². The lowest BCUT2D eigenvalue weighted by atomic mass is 10.1. The zero-order valence-corrected chi connectivity index (χ0v) is 12.8. The molecule has 0 aliphatic carbocycles. The van der Waals surface area contributed by atoms with E-state index in [1.54, 1.807) is 0 Å². The van der Waals surface area contributed by atoms with Gasteiger partial charge in [0.15, 0.2) is 0 Å². The summed E-state index contributed by atoms with van der Waals surface area (Å²) in [5.74, 6) is 0.978. The largest absolute Gasteiger partial charge is 0.494 e. The Morgan fingerprint density at radius 1 is 1.10 bits per heavy atom. The van der Waals surface area contributed by atoms with E-state index in [9.17, 15) is 0 Å². The van der Waals surface area contributed by atoms with Gasteiger partial charge in [0.1, 0.15) is 5.75 Å². The van der Waals surface area contributed by atoms with Crippen molar-refractivity contribution in [2.75, 3.05) is 26.2 Å². The van der Waals surface area contributed by atoms with Crippen molar-refractivity contribution in [3.8, 4) is 5.75 Å². The molecule has 1 heterocycles. The van der Waals surface area contributed by atoms with E-state index in [2.05, 4.69) is 24.1 Å². The molecule has 2 rings (SSSR count). The Bertz CT molecular complexity index is 357. The Kier molecular flexibility index (Phi) is 6.34. The number of nitrogens with one attached hydrogen (secondary N) is 1. The number of rotatable bonds is 5. The molecule has 0 saturated carbocycles. The number of ether oxygens (including phenoxy) is 1. The molecule has 112 valence electrons.